The average molecular weight is 334 g/mol. The molecule has 2 fully saturated rings. The first-order valence-corrected chi connectivity index (χ1v) is 7.12. The van der Waals surface area contributed by atoms with Gasteiger partial charge in [0.05, 0.1) is 12.2 Å². The molecule has 8 nitrogen and oxygen atoms in total. The van der Waals surface area contributed by atoms with Gasteiger partial charge in [0.2, 0.25) is 0 Å². The van der Waals surface area contributed by atoms with Gasteiger partial charge in [-0.05, 0) is 6.42 Å². The summed E-state index contributed by atoms with van der Waals surface area (Å²) in [6.45, 7) is -0.590. The SMILES string of the molecule is O=c1[nH]c(=O)n(C2CCC2(F)F)cc1[C@@H]1O[C@H](CO)[C@@H](O)[C@H]1O. The van der Waals surface area contributed by atoms with E-state index in [1.165, 1.54) is 0 Å². The minimum Gasteiger partial charge on any atom is -0.394 e. The Bertz CT molecular complexity index is 717. The third-order valence-electron chi connectivity index (χ3n) is 4.42. The highest BCUT2D eigenvalue weighted by Gasteiger charge is 2.50. The van der Waals surface area contributed by atoms with Crippen molar-refractivity contribution >= 4 is 0 Å². The van der Waals surface area contributed by atoms with E-state index in [0.717, 1.165) is 10.8 Å². The second-order valence-electron chi connectivity index (χ2n) is 5.83. The van der Waals surface area contributed by atoms with Crippen LogP contribution in [0.25, 0.3) is 0 Å². The van der Waals surface area contributed by atoms with Gasteiger partial charge in [0, 0.05) is 12.6 Å². The number of halogens is 2. The number of aromatic nitrogens is 2. The Morgan fingerprint density at radius 1 is 1.35 bits per heavy atom. The lowest BCUT2D eigenvalue weighted by molar-refractivity contribution is -0.124. The second-order valence-corrected chi connectivity index (χ2v) is 5.83. The van der Waals surface area contributed by atoms with E-state index < -0.39 is 54.2 Å². The van der Waals surface area contributed by atoms with Crippen LogP contribution in [0.3, 0.4) is 0 Å². The Balaban J connectivity index is 2.01. The van der Waals surface area contributed by atoms with Crippen molar-refractivity contribution in [3.8, 4) is 0 Å². The number of hydrogen-bond acceptors (Lipinski definition) is 6. The molecule has 1 saturated carbocycles. The number of H-pyrrole nitrogens is 1. The minimum absolute atomic E-state index is 0.0777. The van der Waals surface area contributed by atoms with Crippen LogP contribution in [0.5, 0.6) is 0 Å². The summed E-state index contributed by atoms with van der Waals surface area (Å²) in [7, 11) is 0. The van der Waals surface area contributed by atoms with Gasteiger partial charge in [-0.15, -0.1) is 0 Å². The maximum absolute atomic E-state index is 13.5. The van der Waals surface area contributed by atoms with Gasteiger partial charge >= 0.3 is 5.69 Å². The third kappa shape index (κ3) is 2.51. The summed E-state index contributed by atoms with van der Waals surface area (Å²) in [6.07, 6.45) is -4.75. The number of ether oxygens (including phenoxy) is 1. The van der Waals surface area contributed by atoms with Gasteiger partial charge in [-0.3, -0.25) is 14.3 Å². The van der Waals surface area contributed by atoms with Crippen LogP contribution in [0.4, 0.5) is 8.78 Å². The summed E-state index contributed by atoms with van der Waals surface area (Å²) < 4.78 is 33.0. The van der Waals surface area contributed by atoms with Gasteiger partial charge in [0.1, 0.15) is 30.5 Å². The predicted molar refractivity (Wildman–Crippen MR) is 71.3 cm³/mol. The molecule has 5 atom stereocenters. The fourth-order valence-corrected chi connectivity index (χ4v) is 2.93. The summed E-state index contributed by atoms with van der Waals surface area (Å²) in [4.78, 5) is 25.6. The van der Waals surface area contributed by atoms with Crippen molar-refractivity contribution in [2.75, 3.05) is 6.61 Å². The Hall–Kier alpha value is -1.62. The summed E-state index contributed by atoms with van der Waals surface area (Å²) in [5, 5.41) is 28.7. The summed E-state index contributed by atoms with van der Waals surface area (Å²) in [5.41, 5.74) is -2.13. The van der Waals surface area contributed by atoms with Crippen LogP contribution >= 0.6 is 0 Å². The Kier molecular flexibility index (Phi) is 3.87. The molecule has 1 aliphatic heterocycles. The molecule has 4 N–H and O–H groups in total. The van der Waals surface area contributed by atoms with Crippen molar-refractivity contribution < 1.29 is 28.8 Å². The Labute approximate surface area is 128 Å². The highest BCUT2D eigenvalue weighted by molar-refractivity contribution is 5.15. The molecule has 0 radical (unpaired) electrons. The molecule has 1 unspecified atom stereocenters. The number of rotatable bonds is 3. The minimum atomic E-state index is -3.05. The fraction of sp³-hybridized carbons (Fsp3) is 0.692. The quantitative estimate of drug-likeness (QED) is 0.542. The zero-order chi connectivity index (χ0) is 16.9. The highest BCUT2D eigenvalue weighted by atomic mass is 19.3. The van der Waals surface area contributed by atoms with Crippen molar-refractivity contribution in [2.45, 2.75) is 49.2 Å². The number of aliphatic hydroxyl groups excluding tert-OH is 3. The molecule has 2 aliphatic rings. The van der Waals surface area contributed by atoms with Gasteiger partial charge in [-0.1, -0.05) is 0 Å². The fourth-order valence-electron chi connectivity index (χ4n) is 2.93. The van der Waals surface area contributed by atoms with Crippen molar-refractivity contribution in [2.24, 2.45) is 0 Å². The lowest BCUT2D eigenvalue weighted by atomic mass is 9.87. The molecule has 0 bridgehead atoms. The van der Waals surface area contributed by atoms with Gasteiger partial charge in [-0.2, -0.15) is 0 Å². The molecular weight excluding hydrogens is 318 g/mol. The zero-order valence-electron chi connectivity index (χ0n) is 11.9. The third-order valence-corrected chi connectivity index (χ3v) is 4.42. The zero-order valence-corrected chi connectivity index (χ0v) is 11.9. The largest absolute Gasteiger partial charge is 0.394 e. The normalized spacial score (nSPS) is 36.0. The lowest BCUT2D eigenvalue weighted by Crippen LogP contribution is -2.47. The second kappa shape index (κ2) is 5.48. The van der Waals surface area contributed by atoms with Gasteiger partial charge in [-0.25, -0.2) is 13.6 Å². The maximum atomic E-state index is 13.5. The van der Waals surface area contributed by atoms with E-state index in [1.54, 1.807) is 0 Å². The van der Waals surface area contributed by atoms with Crippen molar-refractivity contribution in [3.05, 3.63) is 32.6 Å². The molecule has 128 valence electrons. The number of alkyl halides is 2. The van der Waals surface area contributed by atoms with Crippen LogP contribution in [-0.4, -0.2) is 55.7 Å². The van der Waals surface area contributed by atoms with E-state index in [0.29, 0.717) is 0 Å². The summed E-state index contributed by atoms with van der Waals surface area (Å²) >= 11 is 0. The van der Waals surface area contributed by atoms with Crippen molar-refractivity contribution in [1.29, 1.82) is 0 Å². The van der Waals surface area contributed by atoms with E-state index >= 15 is 0 Å². The molecule has 1 saturated heterocycles. The molecule has 10 heteroatoms. The smallest absolute Gasteiger partial charge is 0.328 e. The molecule has 0 aromatic carbocycles. The number of hydrogen-bond donors (Lipinski definition) is 4. The highest BCUT2D eigenvalue weighted by Crippen LogP contribution is 2.46. The summed E-state index contributed by atoms with van der Waals surface area (Å²) in [6, 6.07) is -1.37. The first kappa shape index (κ1) is 16.2. The predicted octanol–water partition coefficient (Wildman–Crippen LogP) is -1.34. The van der Waals surface area contributed by atoms with Crippen LogP contribution in [0.2, 0.25) is 0 Å². The van der Waals surface area contributed by atoms with Crippen LogP contribution in [0.15, 0.2) is 15.8 Å². The van der Waals surface area contributed by atoms with Crippen LogP contribution in [-0.2, 0) is 4.74 Å². The Morgan fingerprint density at radius 2 is 2.04 bits per heavy atom. The first-order valence-electron chi connectivity index (χ1n) is 7.12. The number of aromatic amines is 1. The molecule has 0 amide bonds. The molecule has 1 aliphatic carbocycles. The topological polar surface area (TPSA) is 125 Å². The van der Waals surface area contributed by atoms with Crippen LogP contribution < -0.4 is 11.2 Å². The monoisotopic (exact) mass is 334 g/mol. The molecular formula is C13H16F2N2O6. The lowest BCUT2D eigenvalue weighted by Gasteiger charge is -2.37. The maximum Gasteiger partial charge on any atom is 0.328 e. The van der Waals surface area contributed by atoms with Crippen molar-refractivity contribution in [1.82, 2.24) is 9.55 Å². The Morgan fingerprint density at radius 3 is 2.52 bits per heavy atom. The molecule has 3 rings (SSSR count). The van der Waals surface area contributed by atoms with Crippen LogP contribution in [0, 0.1) is 0 Å². The summed E-state index contributed by atoms with van der Waals surface area (Å²) in [5.74, 6) is -3.05. The standard InChI is InChI=1S/C13H16F2N2O6/c14-13(15)2-1-7(13)17-3-5(11(21)16-12(17)22)10-9(20)8(19)6(4-18)23-10/h3,6-10,18-20H,1-2,4H2,(H,16,21,22)/t6-,7?,8-,9-,10+/m1/s1. The molecule has 23 heavy (non-hydrogen) atoms. The molecule has 1 aromatic heterocycles. The average Bonchev–Trinajstić information content (AvgIpc) is 2.76. The van der Waals surface area contributed by atoms with E-state index in [2.05, 4.69) is 0 Å². The van der Waals surface area contributed by atoms with E-state index in [1.807, 2.05) is 4.98 Å². The van der Waals surface area contributed by atoms with E-state index in [9.17, 15) is 28.6 Å². The van der Waals surface area contributed by atoms with Gasteiger partial charge in [0.15, 0.2) is 0 Å². The van der Waals surface area contributed by atoms with E-state index in [4.69, 9.17) is 9.84 Å². The molecule has 1 aromatic rings. The number of nitrogens with one attached hydrogen (secondary N) is 1. The van der Waals surface area contributed by atoms with Gasteiger partial charge in [0.25, 0.3) is 11.5 Å². The van der Waals surface area contributed by atoms with E-state index in [-0.39, 0.29) is 18.4 Å². The number of aliphatic hydroxyl groups is 3. The van der Waals surface area contributed by atoms with Gasteiger partial charge < -0.3 is 20.1 Å². The van der Waals surface area contributed by atoms with Crippen molar-refractivity contribution in [3.63, 3.8) is 0 Å². The molecule has 0 spiro atoms. The number of nitrogens with zero attached hydrogens (tertiary/aromatic N) is 1. The molecule has 2 heterocycles. The first-order chi connectivity index (χ1) is 10.8. The van der Waals surface area contributed by atoms with Crippen LogP contribution in [0.1, 0.15) is 30.6 Å².